The molecule has 0 saturated carbocycles. The maximum atomic E-state index is 13.9. The normalized spacial score (nSPS) is 15.5. The van der Waals surface area contributed by atoms with Crippen LogP contribution in [0.15, 0.2) is 60.8 Å². The number of ether oxygens (including phenoxy) is 1. The molecule has 2 heterocycles. The van der Waals surface area contributed by atoms with Crippen LogP contribution in [0.25, 0.3) is 11.1 Å². The summed E-state index contributed by atoms with van der Waals surface area (Å²) >= 11 is 0. The molecule has 2 amide bonds. The molecule has 2 aromatic heterocycles. The van der Waals surface area contributed by atoms with Crippen molar-refractivity contribution in [1.82, 2.24) is 24.9 Å². The zero-order valence-electron chi connectivity index (χ0n) is 26.7. The van der Waals surface area contributed by atoms with Crippen molar-refractivity contribution in [2.75, 3.05) is 11.9 Å². The smallest absolute Gasteiger partial charge is 0.270 e. The maximum absolute atomic E-state index is 13.9. The molecule has 232 valence electrons. The van der Waals surface area contributed by atoms with Crippen molar-refractivity contribution < 1.29 is 14.3 Å². The van der Waals surface area contributed by atoms with Gasteiger partial charge in [0.2, 0.25) is 5.91 Å². The lowest BCUT2D eigenvalue weighted by Crippen LogP contribution is -2.48. The van der Waals surface area contributed by atoms with E-state index >= 15 is 0 Å². The number of amides is 2. The van der Waals surface area contributed by atoms with Gasteiger partial charge in [-0.2, -0.15) is 10.2 Å². The Morgan fingerprint density at radius 2 is 1.82 bits per heavy atom. The first kappa shape index (κ1) is 31.4. The number of hydrogen-bond donors (Lipinski definition) is 2. The van der Waals surface area contributed by atoms with Crippen molar-refractivity contribution >= 4 is 25.6 Å². The second kappa shape index (κ2) is 13.3. The third-order valence-corrected chi connectivity index (χ3v) is 10.2. The highest BCUT2D eigenvalue weighted by Gasteiger charge is 2.34. The van der Waals surface area contributed by atoms with Crippen LogP contribution in [-0.4, -0.2) is 52.1 Å². The van der Waals surface area contributed by atoms with E-state index in [1.807, 2.05) is 48.0 Å². The molecule has 1 aliphatic rings. The van der Waals surface area contributed by atoms with Crippen LogP contribution < -0.4 is 10.6 Å². The summed E-state index contributed by atoms with van der Waals surface area (Å²) in [6.45, 7) is 12.3. The third kappa shape index (κ3) is 7.19. The van der Waals surface area contributed by atoms with Crippen LogP contribution in [0.4, 0.5) is 5.69 Å². The van der Waals surface area contributed by atoms with Crippen molar-refractivity contribution in [3.8, 4) is 11.1 Å². The summed E-state index contributed by atoms with van der Waals surface area (Å²) in [6, 6.07) is 18.1. The van der Waals surface area contributed by atoms with Gasteiger partial charge in [-0.1, -0.05) is 56.0 Å². The average molecular weight is 613 g/mol. The molecule has 9 nitrogen and oxygen atoms in total. The lowest BCUT2D eigenvalue weighted by Gasteiger charge is -2.32. The van der Waals surface area contributed by atoms with E-state index in [1.165, 1.54) is 10.2 Å². The van der Waals surface area contributed by atoms with Crippen LogP contribution in [0.1, 0.15) is 51.8 Å². The van der Waals surface area contributed by atoms with E-state index in [9.17, 15) is 9.59 Å². The highest BCUT2D eigenvalue weighted by molar-refractivity contribution is 6.76. The summed E-state index contributed by atoms with van der Waals surface area (Å²) in [5, 5.41) is 15.0. The molecule has 4 aromatic rings. The number of fused-ring (bicyclic) bond motifs is 1. The van der Waals surface area contributed by atoms with E-state index in [2.05, 4.69) is 54.4 Å². The summed E-state index contributed by atoms with van der Waals surface area (Å²) in [5.74, 6) is -0.706. The molecule has 0 saturated heterocycles. The van der Waals surface area contributed by atoms with E-state index in [-0.39, 0.29) is 17.7 Å². The minimum Gasteiger partial charge on any atom is -0.360 e. The summed E-state index contributed by atoms with van der Waals surface area (Å²) in [4.78, 5) is 27.2. The summed E-state index contributed by atoms with van der Waals surface area (Å²) in [6.07, 6.45) is 4.32. The van der Waals surface area contributed by atoms with Gasteiger partial charge in [-0.05, 0) is 74.0 Å². The third-order valence-electron chi connectivity index (χ3n) is 8.47. The summed E-state index contributed by atoms with van der Waals surface area (Å²) in [5.41, 5.74) is 7.48. The topological polar surface area (TPSA) is 103 Å². The Morgan fingerprint density at radius 3 is 2.52 bits per heavy atom. The molecule has 2 aromatic carbocycles. The molecular formula is C34H44N6O3Si. The zero-order valence-corrected chi connectivity index (χ0v) is 27.7. The summed E-state index contributed by atoms with van der Waals surface area (Å²) < 4.78 is 9.38. The highest BCUT2D eigenvalue weighted by atomic mass is 28.3. The van der Waals surface area contributed by atoms with Crippen molar-refractivity contribution in [2.45, 2.75) is 77.5 Å². The Bertz CT molecular complexity index is 1620. The maximum Gasteiger partial charge on any atom is 0.270 e. The van der Waals surface area contributed by atoms with E-state index in [1.54, 1.807) is 19.3 Å². The number of hydrogen-bond acceptors (Lipinski definition) is 5. The predicted octanol–water partition coefficient (Wildman–Crippen LogP) is 6.07. The van der Waals surface area contributed by atoms with Crippen LogP contribution in [0.3, 0.4) is 0 Å². The molecule has 0 bridgehead atoms. The molecule has 0 fully saturated rings. The van der Waals surface area contributed by atoms with Crippen LogP contribution in [0.5, 0.6) is 0 Å². The van der Waals surface area contributed by atoms with E-state index in [4.69, 9.17) is 9.84 Å². The van der Waals surface area contributed by atoms with E-state index < -0.39 is 14.1 Å². The number of carbonyl (C=O) groups is 2. The molecule has 0 aliphatic heterocycles. The SMILES string of the molecule is Cc1nn(COCC[Si](C)(C)C)c(C)c1-c1ccc(NC(=O)C(NC(=O)c2ccnn2C)[C@H]2CCCc3ccccc32)cc1. The Kier molecular flexibility index (Phi) is 9.50. The Morgan fingerprint density at radius 1 is 1.07 bits per heavy atom. The minimum absolute atomic E-state index is 0.138. The van der Waals surface area contributed by atoms with E-state index in [0.717, 1.165) is 60.0 Å². The van der Waals surface area contributed by atoms with Crippen LogP contribution in [0.2, 0.25) is 25.7 Å². The number of aromatic nitrogens is 4. The van der Waals surface area contributed by atoms with Gasteiger partial charge in [0.15, 0.2) is 0 Å². The van der Waals surface area contributed by atoms with E-state index in [0.29, 0.717) is 18.1 Å². The molecule has 1 unspecified atom stereocenters. The molecule has 5 rings (SSSR count). The quantitative estimate of drug-likeness (QED) is 0.158. The fraction of sp³-hybridized carbons (Fsp3) is 0.412. The van der Waals surface area contributed by atoms with Gasteiger partial charge < -0.3 is 15.4 Å². The zero-order chi connectivity index (χ0) is 31.4. The number of nitrogens with zero attached hydrogens (tertiary/aromatic N) is 4. The molecule has 0 spiro atoms. The lowest BCUT2D eigenvalue weighted by atomic mass is 9.78. The van der Waals surface area contributed by atoms with Gasteiger partial charge in [0, 0.05) is 50.8 Å². The standard InChI is InChI=1S/C34H44N6O3Si/c1-23-31(24(2)40(38-23)22-43-20-21-44(4,5)6)26-14-16-27(17-15-26)36-34(42)32(37-33(41)30-18-19-35-39(30)3)29-13-9-11-25-10-7-8-12-28(25)29/h7-8,10,12,14-19,29,32H,9,11,13,20-22H2,1-6H3,(H,36,42)(H,37,41)/t29-,32?/m0/s1. The average Bonchev–Trinajstić information content (AvgIpc) is 3.55. The molecule has 44 heavy (non-hydrogen) atoms. The minimum atomic E-state index is -1.15. The molecule has 1 aliphatic carbocycles. The number of rotatable bonds is 11. The van der Waals surface area contributed by atoms with Gasteiger partial charge >= 0.3 is 0 Å². The second-order valence-corrected chi connectivity index (χ2v) is 18.6. The van der Waals surface area contributed by atoms with Crippen LogP contribution >= 0.6 is 0 Å². The first-order valence-corrected chi connectivity index (χ1v) is 19.1. The van der Waals surface area contributed by atoms with Gasteiger partial charge in [-0.25, -0.2) is 4.68 Å². The number of benzene rings is 2. The van der Waals surface area contributed by atoms with Crippen molar-refractivity contribution in [1.29, 1.82) is 0 Å². The fourth-order valence-corrected chi connectivity index (χ4v) is 6.77. The highest BCUT2D eigenvalue weighted by Crippen LogP contribution is 2.35. The lowest BCUT2D eigenvalue weighted by molar-refractivity contribution is -0.118. The molecular weight excluding hydrogens is 568 g/mol. The molecule has 10 heteroatoms. The molecule has 0 radical (unpaired) electrons. The van der Waals surface area contributed by atoms with Gasteiger partial charge in [0.05, 0.1) is 5.69 Å². The largest absolute Gasteiger partial charge is 0.360 e. The van der Waals surface area contributed by atoms with Crippen molar-refractivity contribution in [3.63, 3.8) is 0 Å². The molecule has 2 atom stereocenters. The Labute approximate surface area is 261 Å². The number of carbonyl (C=O) groups excluding carboxylic acids is 2. The van der Waals surface area contributed by atoms with Gasteiger partial charge in [-0.3, -0.25) is 14.3 Å². The number of aryl methyl sites for hydroxylation is 3. The predicted molar refractivity (Wildman–Crippen MR) is 176 cm³/mol. The van der Waals surface area contributed by atoms with Gasteiger partial charge in [-0.15, -0.1) is 0 Å². The molecule has 2 N–H and O–H groups in total. The number of nitrogens with one attached hydrogen (secondary N) is 2. The Balaban J connectivity index is 1.33. The Hall–Kier alpha value is -4.02. The van der Waals surface area contributed by atoms with Crippen molar-refractivity contribution in [2.24, 2.45) is 7.05 Å². The second-order valence-electron chi connectivity index (χ2n) is 12.9. The van der Waals surface area contributed by atoms with Crippen LogP contribution in [0, 0.1) is 13.8 Å². The first-order chi connectivity index (χ1) is 21.0. The first-order valence-electron chi connectivity index (χ1n) is 15.4. The summed E-state index contributed by atoms with van der Waals surface area (Å²) in [7, 11) is 0.569. The fourth-order valence-electron chi connectivity index (χ4n) is 6.01. The monoisotopic (exact) mass is 612 g/mol. The number of anilines is 1. The van der Waals surface area contributed by atoms with Gasteiger partial charge in [0.25, 0.3) is 5.91 Å². The van der Waals surface area contributed by atoms with Gasteiger partial charge in [0.1, 0.15) is 18.5 Å². The van der Waals surface area contributed by atoms with Crippen molar-refractivity contribution in [3.05, 3.63) is 89.0 Å². The van der Waals surface area contributed by atoms with Crippen LogP contribution in [-0.2, 0) is 29.7 Å².